The lowest BCUT2D eigenvalue weighted by Crippen LogP contribution is -2.21. The predicted octanol–water partition coefficient (Wildman–Crippen LogP) is 17.4. The lowest BCUT2D eigenvalue weighted by molar-refractivity contribution is 0.581. The van der Waals surface area contributed by atoms with Gasteiger partial charge in [-0.25, -0.2) is 34.9 Å². The van der Waals surface area contributed by atoms with Crippen molar-refractivity contribution in [2.75, 3.05) is 14.7 Å². The topological polar surface area (TPSA) is 100.0 Å². The molecule has 0 N–H and O–H groups in total. The normalized spacial score (nSPS) is 11.8. The maximum absolute atomic E-state index is 5.78. The Morgan fingerprint density at radius 3 is 0.653 bits per heavy atom. The third-order valence-corrected chi connectivity index (χ3v) is 13.5. The molecular weight excluding hydrogens is 921 g/mol. The van der Waals surface area contributed by atoms with Gasteiger partial charge in [0.1, 0.15) is 46.5 Å². The lowest BCUT2D eigenvalue weighted by Gasteiger charge is -2.30. The predicted molar refractivity (Wildman–Crippen MR) is 314 cm³/mol. The van der Waals surface area contributed by atoms with Gasteiger partial charge in [0.2, 0.25) is 0 Å². The van der Waals surface area contributed by atoms with E-state index in [1.807, 2.05) is 0 Å². The first-order valence-corrected chi connectivity index (χ1v) is 28.3. The second-order valence-electron chi connectivity index (χ2n) is 23.1. The number of nitrogens with zero attached hydrogens (tertiary/aromatic N) is 10. The summed E-state index contributed by atoms with van der Waals surface area (Å²) in [7, 11) is 0. The van der Waals surface area contributed by atoms with Gasteiger partial charge in [-0.3, -0.25) is 14.7 Å². The van der Waals surface area contributed by atoms with Crippen molar-refractivity contribution in [3.8, 4) is 0 Å². The molecule has 10 heteroatoms. The van der Waals surface area contributed by atoms with Crippen LogP contribution in [0.4, 0.5) is 52.2 Å². The lowest BCUT2D eigenvalue weighted by atomic mass is 10.1. The minimum atomic E-state index is 0.536. The van der Waals surface area contributed by atoms with Crippen LogP contribution in [0.2, 0.25) is 0 Å². The summed E-state index contributed by atoms with van der Waals surface area (Å²) in [4.78, 5) is 44.9. The minimum absolute atomic E-state index is 0.536. The third kappa shape index (κ3) is 16.7. The highest BCUT2D eigenvalue weighted by Gasteiger charge is 2.27. The van der Waals surface area contributed by atoms with Crippen molar-refractivity contribution in [3.63, 3.8) is 0 Å². The summed E-state index contributed by atoms with van der Waals surface area (Å²) in [6.45, 7) is 27.2. The maximum atomic E-state index is 5.78. The fraction of sp³-hybridized carbons (Fsp3) is 0.462. The van der Waals surface area contributed by atoms with E-state index in [0.29, 0.717) is 47.1 Å². The van der Waals surface area contributed by atoms with Crippen LogP contribution in [0.3, 0.4) is 0 Å². The van der Waals surface area contributed by atoms with E-state index in [1.165, 1.54) is 0 Å². The van der Waals surface area contributed by atoms with Crippen molar-refractivity contribution < 1.29 is 0 Å². The van der Waals surface area contributed by atoms with E-state index < -0.39 is 0 Å². The van der Waals surface area contributed by atoms with Crippen molar-refractivity contribution in [2.45, 2.75) is 160 Å². The molecule has 7 rings (SSSR count). The molecule has 7 heterocycles. The van der Waals surface area contributed by atoms with Crippen LogP contribution >= 0.6 is 0 Å². The molecule has 0 saturated carbocycles. The molecular formula is C65H86N10. The Balaban J connectivity index is 1.57. The summed E-state index contributed by atoms with van der Waals surface area (Å²) < 4.78 is 0. The number of pyridine rings is 7. The standard InChI is InChI=1S/C65H86N10/c1-45(2)31-37-51-19-13-25-58(66-51)73(59-26-14-20-52(67-59)38-32-46(3)4)57-43-64(74(60-27-15-21-53(68-60)39-33-47(5)6)61-28-16-22-54(69-61)40-34-48(7)8)72-65(44-57)75(62-29-17-23-55(70-62)41-35-49(9)10)63-30-18-24-56(71-63)42-36-50(11)12/h13-30,43-50H,31-42H2,1-12H3. The van der Waals surface area contributed by atoms with E-state index in [9.17, 15) is 0 Å². The summed E-state index contributed by atoms with van der Waals surface area (Å²) in [5.74, 6) is 9.00. The van der Waals surface area contributed by atoms with E-state index in [4.69, 9.17) is 34.9 Å². The number of hydrogen-bond acceptors (Lipinski definition) is 10. The molecule has 0 aliphatic carbocycles. The molecule has 0 spiro atoms. The Bertz CT molecular complexity index is 2380. The number of aromatic nitrogens is 7. The van der Waals surface area contributed by atoms with Gasteiger partial charge in [0.15, 0.2) is 0 Å². The number of anilines is 9. The second kappa shape index (κ2) is 27.3. The average molecular weight is 1010 g/mol. The summed E-state index contributed by atoms with van der Waals surface area (Å²) in [5, 5.41) is 0. The molecule has 0 atom stereocenters. The van der Waals surface area contributed by atoms with E-state index in [-0.39, 0.29) is 0 Å². The smallest absolute Gasteiger partial charge is 0.144 e. The molecule has 0 radical (unpaired) electrons. The van der Waals surface area contributed by atoms with Gasteiger partial charge in [0, 0.05) is 46.3 Å². The van der Waals surface area contributed by atoms with Crippen molar-refractivity contribution in [2.24, 2.45) is 35.5 Å². The van der Waals surface area contributed by atoms with Crippen LogP contribution < -0.4 is 14.7 Å². The zero-order valence-corrected chi connectivity index (χ0v) is 47.5. The molecule has 7 aromatic rings. The van der Waals surface area contributed by atoms with E-state index in [1.54, 1.807) is 0 Å². The molecule has 0 bridgehead atoms. The van der Waals surface area contributed by atoms with E-state index in [2.05, 4.69) is 219 Å². The average Bonchev–Trinajstić information content (AvgIpc) is 3.38. The largest absolute Gasteiger partial charge is 0.279 e. The molecule has 0 fully saturated rings. The molecule has 0 saturated heterocycles. The zero-order chi connectivity index (χ0) is 53.4. The fourth-order valence-electron chi connectivity index (χ4n) is 8.94. The van der Waals surface area contributed by atoms with E-state index in [0.717, 1.165) is 152 Å². The molecule has 75 heavy (non-hydrogen) atoms. The van der Waals surface area contributed by atoms with Crippen molar-refractivity contribution in [1.82, 2.24) is 34.9 Å². The van der Waals surface area contributed by atoms with Gasteiger partial charge < -0.3 is 0 Å². The molecule has 7 aromatic heterocycles. The van der Waals surface area contributed by atoms with Crippen LogP contribution in [0.5, 0.6) is 0 Å². The molecule has 10 nitrogen and oxygen atoms in total. The molecule has 0 unspecified atom stereocenters. The van der Waals surface area contributed by atoms with Crippen LogP contribution in [0.15, 0.2) is 121 Å². The van der Waals surface area contributed by atoms with Gasteiger partial charge in [0.05, 0.1) is 5.69 Å². The van der Waals surface area contributed by atoms with Gasteiger partial charge in [-0.1, -0.05) is 119 Å². The second-order valence-corrected chi connectivity index (χ2v) is 23.1. The Labute approximate surface area is 451 Å². The SMILES string of the molecule is CC(C)CCc1cccc(N(c2cc(N(c3cccc(CCC(C)C)n3)c3cccc(CCC(C)C)n3)nc(N(c3cccc(CCC(C)C)n3)c3cccc(CCC(C)C)n3)c2)c2cccc(CCC(C)C)n2)n1. The number of hydrogen-bond donors (Lipinski definition) is 0. The van der Waals surface area contributed by atoms with Crippen LogP contribution in [-0.4, -0.2) is 34.9 Å². The molecule has 0 aliphatic heterocycles. The van der Waals surface area contributed by atoms with Gasteiger partial charge >= 0.3 is 0 Å². The highest BCUT2D eigenvalue weighted by atomic mass is 15.3. The molecule has 0 aliphatic rings. The van der Waals surface area contributed by atoms with Gasteiger partial charge in [-0.2, -0.15) is 0 Å². The van der Waals surface area contributed by atoms with Crippen molar-refractivity contribution in [3.05, 3.63) is 155 Å². The van der Waals surface area contributed by atoms with Crippen LogP contribution in [-0.2, 0) is 38.5 Å². The maximum Gasteiger partial charge on any atom is 0.144 e. The number of rotatable bonds is 27. The molecule has 0 amide bonds. The molecule has 396 valence electrons. The van der Waals surface area contributed by atoms with Crippen molar-refractivity contribution in [1.29, 1.82) is 0 Å². The van der Waals surface area contributed by atoms with Crippen LogP contribution in [0, 0.1) is 35.5 Å². The fourth-order valence-corrected chi connectivity index (χ4v) is 8.94. The minimum Gasteiger partial charge on any atom is -0.279 e. The Morgan fingerprint density at radius 1 is 0.253 bits per heavy atom. The van der Waals surface area contributed by atoms with Crippen molar-refractivity contribution >= 4 is 52.2 Å². The van der Waals surface area contributed by atoms with Gasteiger partial charge in [-0.05, 0) is 185 Å². The highest BCUT2D eigenvalue weighted by molar-refractivity contribution is 5.83. The zero-order valence-electron chi connectivity index (χ0n) is 47.5. The Hall–Kier alpha value is -6.55. The number of aryl methyl sites for hydroxylation is 6. The summed E-state index contributed by atoms with van der Waals surface area (Å²) >= 11 is 0. The van der Waals surface area contributed by atoms with E-state index >= 15 is 0 Å². The quantitative estimate of drug-likeness (QED) is 0.0495. The first-order valence-electron chi connectivity index (χ1n) is 28.3. The van der Waals surface area contributed by atoms with Crippen LogP contribution in [0.1, 0.15) is 156 Å². The molecule has 0 aromatic carbocycles. The Morgan fingerprint density at radius 2 is 0.453 bits per heavy atom. The third-order valence-electron chi connectivity index (χ3n) is 13.5. The summed E-state index contributed by atoms with van der Waals surface area (Å²) in [6.07, 6.45) is 11.3. The monoisotopic (exact) mass is 1010 g/mol. The first-order chi connectivity index (χ1) is 36.1. The Kier molecular flexibility index (Phi) is 20.5. The van der Waals surface area contributed by atoms with Crippen LogP contribution in [0.25, 0.3) is 0 Å². The first kappa shape index (κ1) is 56.2. The highest BCUT2D eigenvalue weighted by Crippen LogP contribution is 2.43. The van der Waals surface area contributed by atoms with Gasteiger partial charge in [0.25, 0.3) is 0 Å². The summed E-state index contributed by atoms with van der Waals surface area (Å²) in [6, 6.07) is 42.5. The van der Waals surface area contributed by atoms with Gasteiger partial charge in [-0.15, -0.1) is 0 Å². The summed E-state index contributed by atoms with van der Waals surface area (Å²) in [5.41, 5.74) is 7.00.